The molecular formula is C14H21Cl2NO. The highest BCUT2D eigenvalue weighted by molar-refractivity contribution is 6.42. The molecule has 18 heavy (non-hydrogen) atoms. The van der Waals surface area contributed by atoms with Crippen LogP contribution in [0.4, 0.5) is 0 Å². The van der Waals surface area contributed by atoms with E-state index in [1.807, 2.05) is 12.1 Å². The van der Waals surface area contributed by atoms with Crippen molar-refractivity contribution in [2.75, 3.05) is 19.7 Å². The minimum Gasteiger partial charge on any atom is -0.492 e. The Morgan fingerprint density at radius 3 is 2.72 bits per heavy atom. The Balaban J connectivity index is 2.09. The van der Waals surface area contributed by atoms with Crippen molar-refractivity contribution in [2.24, 2.45) is 0 Å². The van der Waals surface area contributed by atoms with Gasteiger partial charge in [-0.25, -0.2) is 0 Å². The van der Waals surface area contributed by atoms with Crippen molar-refractivity contribution in [3.63, 3.8) is 0 Å². The Labute approximate surface area is 120 Å². The third kappa shape index (κ3) is 5.94. The van der Waals surface area contributed by atoms with Crippen LogP contribution in [0.5, 0.6) is 5.75 Å². The molecule has 0 fully saturated rings. The summed E-state index contributed by atoms with van der Waals surface area (Å²) in [6, 6.07) is 5.45. The first-order valence-corrected chi connectivity index (χ1v) is 7.28. The molecular weight excluding hydrogens is 269 g/mol. The van der Waals surface area contributed by atoms with Crippen LogP contribution in [0.15, 0.2) is 18.2 Å². The average Bonchev–Trinajstić information content (AvgIpc) is 2.37. The molecule has 0 aliphatic carbocycles. The minimum atomic E-state index is 0.503. The first-order chi connectivity index (χ1) is 8.75. The molecule has 4 heteroatoms. The summed E-state index contributed by atoms with van der Waals surface area (Å²) in [6.45, 7) is 5.06. The largest absolute Gasteiger partial charge is 0.492 e. The molecule has 0 aromatic heterocycles. The highest BCUT2D eigenvalue weighted by Crippen LogP contribution is 2.31. The van der Waals surface area contributed by atoms with Crippen molar-refractivity contribution in [1.29, 1.82) is 0 Å². The van der Waals surface area contributed by atoms with Gasteiger partial charge in [0.2, 0.25) is 0 Å². The summed E-state index contributed by atoms with van der Waals surface area (Å²) in [5, 5.41) is 4.42. The van der Waals surface area contributed by atoms with E-state index in [4.69, 9.17) is 27.9 Å². The third-order valence-corrected chi connectivity index (χ3v) is 3.40. The quantitative estimate of drug-likeness (QED) is 0.674. The zero-order valence-corrected chi connectivity index (χ0v) is 12.4. The third-order valence-electron chi connectivity index (χ3n) is 2.60. The van der Waals surface area contributed by atoms with Crippen molar-refractivity contribution in [1.82, 2.24) is 5.32 Å². The summed E-state index contributed by atoms with van der Waals surface area (Å²) >= 11 is 11.9. The highest BCUT2D eigenvalue weighted by atomic mass is 35.5. The monoisotopic (exact) mass is 289 g/mol. The number of hydrogen-bond acceptors (Lipinski definition) is 2. The fourth-order valence-electron chi connectivity index (χ4n) is 1.61. The predicted molar refractivity (Wildman–Crippen MR) is 79.0 cm³/mol. The van der Waals surface area contributed by atoms with Gasteiger partial charge in [0.25, 0.3) is 0 Å². The molecule has 0 radical (unpaired) electrons. The Morgan fingerprint density at radius 1 is 1.11 bits per heavy atom. The van der Waals surface area contributed by atoms with Gasteiger partial charge in [-0.2, -0.15) is 0 Å². The normalized spacial score (nSPS) is 10.6. The molecule has 0 bridgehead atoms. The Kier molecular flexibility index (Phi) is 8.23. The van der Waals surface area contributed by atoms with Crippen molar-refractivity contribution < 1.29 is 4.74 Å². The van der Waals surface area contributed by atoms with Crippen LogP contribution < -0.4 is 10.1 Å². The van der Waals surface area contributed by atoms with Crippen molar-refractivity contribution >= 4 is 23.2 Å². The molecule has 0 aliphatic rings. The lowest BCUT2D eigenvalue weighted by Gasteiger charge is -2.08. The van der Waals surface area contributed by atoms with E-state index in [0.717, 1.165) is 25.9 Å². The van der Waals surface area contributed by atoms with E-state index in [9.17, 15) is 0 Å². The first kappa shape index (κ1) is 15.6. The second-order valence-corrected chi connectivity index (χ2v) is 5.00. The maximum absolute atomic E-state index is 6.02. The average molecular weight is 290 g/mol. The van der Waals surface area contributed by atoms with Crippen LogP contribution in [0.3, 0.4) is 0 Å². The van der Waals surface area contributed by atoms with E-state index in [1.54, 1.807) is 6.07 Å². The van der Waals surface area contributed by atoms with Gasteiger partial charge in [-0.1, -0.05) is 36.2 Å². The zero-order valence-electron chi connectivity index (χ0n) is 10.8. The molecule has 1 aromatic rings. The van der Waals surface area contributed by atoms with Crippen LogP contribution in [0.2, 0.25) is 10.0 Å². The minimum absolute atomic E-state index is 0.503. The van der Waals surface area contributed by atoms with E-state index in [-0.39, 0.29) is 0 Å². The molecule has 0 atom stereocenters. The van der Waals surface area contributed by atoms with E-state index < -0.39 is 0 Å². The summed E-state index contributed by atoms with van der Waals surface area (Å²) in [5.41, 5.74) is 0. The summed E-state index contributed by atoms with van der Waals surface area (Å²) in [4.78, 5) is 0. The smallest absolute Gasteiger partial charge is 0.139 e. The van der Waals surface area contributed by atoms with Gasteiger partial charge in [-0.3, -0.25) is 0 Å². The molecule has 2 nitrogen and oxygen atoms in total. The number of nitrogens with one attached hydrogen (secondary N) is 1. The van der Waals surface area contributed by atoms with Gasteiger partial charge in [-0.05, 0) is 50.9 Å². The molecule has 1 aromatic carbocycles. The number of ether oxygens (including phenoxy) is 1. The van der Waals surface area contributed by atoms with Gasteiger partial charge in [0.1, 0.15) is 10.8 Å². The summed E-state index contributed by atoms with van der Waals surface area (Å²) in [7, 11) is 0. The van der Waals surface area contributed by atoms with Crippen molar-refractivity contribution in [3.8, 4) is 5.75 Å². The van der Waals surface area contributed by atoms with Gasteiger partial charge >= 0.3 is 0 Å². The maximum Gasteiger partial charge on any atom is 0.139 e. The molecule has 1 rings (SSSR count). The molecule has 0 unspecified atom stereocenters. The van der Waals surface area contributed by atoms with Crippen LogP contribution in [0.25, 0.3) is 0 Å². The second kappa shape index (κ2) is 9.48. The number of rotatable bonds is 9. The highest BCUT2D eigenvalue weighted by Gasteiger charge is 2.04. The van der Waals surface area contributed by atoms with Crippen molar-refractivity contribution in [3.05, 3.63) is 28.2 Å². The lowest BCUT2D eigenvalue weighted by molar-refractivity contribution is 0.305. The first-order valence-electron chi connectivity index (χ1n) is 6.53. The van der Waals surface area contributed by atoms with E-state index >= 15 is 0 Å². The maximum atomic E-state index is 6.02. The summed E-state index contributed by atoms with van der Waals surface area (Å²) in [6.07, 6.45) is 4.58. The molecule has 102 valence electrons. The van der Waals surface area contributed by atoms with Gasteiger partial charge < -0.3 is 10.1 Å². The van der Waals surface area contributed by atoms with Gasteiger partial charge in [0.05, 0.1) is 11.6 Å². The lowest BCUT2D eigenvalue weighted by atomic mass is 10.2. The molecule has 1 N–H and O–H groups in total. The van der Waals surface area contributed by atoms with Gasteiger partial charge in [0, 0.05) is 0 Å². The standard InChI is InChI=1S/C14H21Cl2NO/c1-2-9-17-10-4-3-5-11-18-13-8-6-7-12(15)14(13)16/h6-8,17H,2-5,9-11H2,1H3. The van der Waals surface area contributed by atoms with E-state index in [1.165, 1.54) is 12.8 Å². The fraction of sp³-hybridized carbons (Fsp3) is 0.571. The fourth-order valence-corrected chi connectivity index (χ4v) is 1.95. The van der Waals surface area contributed by atoms with E-state index in [0.29, 0.717) is 22.4 Å². The predicted octanol–water partition coefficient (Wildman–Crippen LogP) is 4.54. The van der Waals surface area contributed by atoms with Crippen molar-refractivity contribution in [2.45, 2.75) is 32.6 Å². The molecule has 0 heterocycles. The Hall–Kier alpha value is -0.440. The number of unbranched alkanes of at least 4 members (excludes halogenated alkanes) is 2. The topological polar surface area (TPSA) is 21.3 Å². The van der Waals surface area contributed by atoms with Crippen LogP contribution in [-0.4, -0.2) is 19.7 Å². The SMILES string of the molecule is CCCNCCCCCOc1cccc(Cl)c1Cl. The summed E-state index contributed by atoms with van der Waals surface area (Å²) < 4.78 is 5.61. The van der Waals surface area contributed by atoms with Gasteiger partial charge in [-0.15, -0.1) is 0 Å². The van der Waals surface area contributed by atoms with Crippen LogP contribution >= 0.6 is 23.2 Å². The second-order valence-electron chi connectivity index (χ2n) is 4.21. The molecule has 0 aliphatic heterocycles. The summed E-state index contributed by atoms with van der Waals surface area (Å²) in [5.74, 6) is 0.674. The molecule has 0 saturated carbocycles. The Bertz CT molecular complexity index is 345. The Morgan fingerprint density at radius 2 is 1.94 bits per heavy atom. The zero-order chi connectivity index (χ0) is 13.2. The van der Waals surface area contributed by atoms with Crippen LogP contribution in [-0.2, 0) is 0 Å². The van der Waals surface area contributed by atoms with E-state index in [2.05, 4.69) is 12.2 Å². The van der Waals surface area contributed by atoms with Crippen LogP contribution in [0.1, 0.15) is 32.6 Å². The molecule has 0 amide bonds. The van der Waals surface area contributed by atoms with Gasteiger partial charge in [0.15, 0.2) is 0 Å². The number of hydrogen-bond donors (Lipinski definition) is 1. The number of halogens is 2. The lowest BCUT2D eigenvalue weighted by Crippen LogP contribution is -2.15. The molecule has 0 spiro atoms. The molecule has 0 saturated heterocycles. The van der Waals surface area contributed by atoms with Crippen LogP contribution in [0, 0.1) is 0 Å². The number of benzene rings is 1.